The molecule has 0 bridgehead atoms. The van der Waals surface area contributed by atoms with Gasteiger partial charge >= 0.3 is 5.97 Å². The minimum atomic E-state index is -0.476. The van der Waals surface area contributed by atoms with Crippen molar-refractivity contribution in [1.29, 1.82) is 0 Å². The van der Waals surface area contributed by atoms with Gasteiger partial charge in [-0.25, -0.2) is 14.8 Å². The van der Waals surface area contributed by atoms with E-state index in [9.17, 15) is 4.79 Å². The number of rotatable bonds is 3. The highest BCUT2D eigenvalue weighted by Gasteiger charge is 2.10. The average molecular weight is 249 g/mol. The summed E-state index contributed by atoms with van der Waals surface area (Å²) in [5.41, 5.74) is 0.258. The molecule has 0 aliphatic carbocycles. The number of halogens is 1. The van der Waals surface area contributed by atoms with Crippen LogP contribution in [0.4, 0.5) is 0 Å². The zero-order valence-corrected chi connectivity index (χ0v) is 10.5. The summed E-state index contributed by atoms with van der Waals surface area (Å²) >= 11 is 7.10. The molecule has 0 aromatic rings. The summed E-state index contributed by atoms with van der Waals surface area (Å²) in [6.07, 6.45) is 1.79. The van der Waals surface area contributed by atoms with Crippen molar-refractivity contribution >= 4 is 41.2 Å². The van der Waals surface area contributed by atoms with Crippen LogP contribution in [-0.4, -0.2) is 30.7 Å². The van der Waals surface area contributed by atoms with Gasteiger partial charge in [-0.05, 0) is 26.8 Å². The molecule has 6 heteroatoms. The van der Waals surface area contributed by atoms with E-state index in [0.29, 0.717) is 11.8 Å². The van der Waals surface area contributed by atoms with Gasteiger partial charge in [0.1, 0.15) is 5.16 Å². The summed E-state index contributed by atoms with van der Waals surface area (Å²) in [7, 11) is 0. The first kappa shape index (κ1) is 14.2. The Kier molecular flexibility index (Phi) is 7.07. The Bertz CT molecular complexity index is 313. The highest BCUT2D eigenvalue weighted by Crippen LogP contribution is 2.15. The van der Waals surface area contributed by atoms with Gasteiger partial charge in [0.05, 0.1) is 12.2 Å². The van der Waals surface area contributed by atoms with E-state index in [0.717, 1.165) is 0 Å². The first-order chi connectivity index (χ1) is 7.06. The van der Waals surface area contributed by atoms with Crippen molar-refractivity contribution in [2.45, 2.75) is 13.8 Å². The lowest BCUT2D eigenvalue weighted by atomic mass is 10.3. The van der Waals surface area contributed by atoms with E-state index < -0.39 is 5.97 Å². The third-order valence-electron chi connectivity index (χ3n) is 1.40. The second kappa shape index (κ2) is 7.48. The number of carbonyl (C=O) groups is 1. The first-order valence-corrected chi connectivity index (χ1v) is 5.80. The smallest absolute Gasteiger partial charge is 0.336 e. The van der Waals surface area contributed by atoms with Gasteiger partial charge < -0.3 is 4.74 Å². The van der Waals surface area contributed by atoms with Gasteiger partial charge in [0.25, 0.3) is 0 Å². The second-order valence-electron chi connectivity index (χ2n) is 2.39. The summed E-state index contributed by atoms with van der Waals surface area (Å²) in [4.78, 5) is 18.8. The third-order valence-corrected chi connectivity index (χ3v) is 2.36. The molecule has 0 aromatic heterocycles. The molecule has 0 saturated carbocycles. The van der Waals surface area contributed by atoms with E-state index >= 15 is 0 Å². The number of hydrogen-bond donors (Lipinski definition) is 0. The molecule has 4 nitrogen and oxygen atoms in total. The molecule has 0 spiro atoms. The van der Waals surface area contributed by atoms with Crippen LogP contribution in [0, 0.1) is 0 Å². The van der Waals surface area contributed by atoms with Gasteiger partial charge in [-0.1, -0.05) is 23.4 Å². The molecule has 0 atom stereocenters. The molecule has 84 valence electrons. The molecule has 15 heavy (non-hydrogen) atoms. The van der Waals surface area contributed by atoms with Gasteiger partial charge in [0, 0.05) is 0 Å². The van der Waals surface area contributed by atoms with Crippen molar-refractivity contribution in [3.05, 3.63) is 10.7 Å². The average Bonchev–Trinajstić information content (AvgIpc) is 2.24. The van der Waals surface area contributed by atoms with E-state index in [-0.39, 0.29) is 10.7 Å². The number of amidine groups is 1. The normalized spacial score (nSPS) is 13.2. The van der Waals surface area contributed by atoms with E-state index in [4.69, 9.17) is 16.3 Å². The number of nitrogens with zero attached hydrogens (tertiary/aromatic N) is 2. The summed E-state index contributed by atoms with van der Waals surface area (Å²) < 4.78 is 4.77. The highest BCUT2D eigenvalue weighted by molar-refractivity contribution is 8.13. The Labute approximate surface area is 98.5 Å². The molecule has 0 fully saturated rings. The van der Waals surface area contributed by atoms with Crippen molar-refractivity contribution in [2.24, 2.45) is 9.98 Å². The van der Waals surface area contributed by atoms with Gasteiger partial charge in [-0.15, -0.1) is 0 Å². The molecule has 0 unspecified atom stereocenters. The Balaban J connectivity index is 4.85. The van der Waals surface area contributed by atoms with Crippen LogP contribution in [0.1, 0.15) is 13.8 Å². The Morgan fingerprint density at radius 3 is 2.60 bits per heavy atom. The SMILES string of the molecule is C=NC(=N/C(Cl)=C(\C)C(=O)OCC)SC. The van der Waals surface area contributed by atoms with E-state index in [1.807, 2.05) is 0 Å². The standard InChI is InChI=1S/C9H13ClN2O2S/c1-5-14-8(13)6(2)7(10)12-9(11-3)15-4/h3,5H2,1-2,4H3/b7-6+,12-9?. The predicted octanol–water partition coefficient (Wildman–Crippen LogP) is 2.44. The van der Waals surface area contributed by atoms with Gasteiger partial charge in [0.15, 0.2) is 5.17 Å². The molecule has 0 aliphatic rings. The highest BCUT2D eigenvalue weighted by atomic mass is 35.5. The maximum atomic E-state index is 11.3. The molecule has 0 radical (unpaired) electrons. The second-order valence-corrected chi connectivity index (χ2v) is 3.52. The zero-order chi connectivity index (χ0) is 11.8. The van der Waals surface area contributed by atoms with Crippen molar-refractivity contribution in [2.75, 3.05) is 12.9 Å². The van der Waals surface area contributed by atoms with E-state index in [1.165, 1.54) is 11.8 Å². The van der Waals surface area contributed by atoms with Crippen LogP contribution in [0.25, 0.3) is 0 Å². The van der Waals surface area contributed by atoms with E-state index in [2.05, 4.69) is 16.7 Å². The van der Waals surface area contributed by atoms with Gasteiger partial charge in [-0.2, -0.15) is 0 Å². The minimum absolute atomic E-state index is 0.0743. The minimum Gasteiger partial charge on any atom is -0.463 e. The molecule has 0 saturated heterocycles. The number of hydrogen-bond acceptors (Lipinski definition) is 4. The van der Waals surface area contributed by atoms with Crippen LogP contribution in [-0.2, 0) is 9.53 Å². The van der Waals surface area contributed by atoms with E-state index in [1.54, 1.807) is 20.1 Å². The topological polar surface area (TPSA) is 51.0 Å². The van der Waals surface area contributed by atoms with Crippen LogP contribution >= 0.6 is 23.4 Å². The van der Waals surface area contributed by atoms with Gasteiger partial charge in [-0.3, -0.25) is 0 Å². The number of carbonyl (C=O) groups excluding carboxylic acids is 1. The quantitative estimate of drug-likeness (QED) is 0.253. The molecule has 0 amide bonds. The summed E-state index contributed by atoms with van der Waals surface area (Å²) in [5.74, 6) is -0.476. The zero-order valence-electron chi connectivity index (χ0n) is 8.91. The largest absolute Gasteiger partial charge is 0.463 e. The molecule has 0 aromatic carbocycles. The Morgan fingerprint density at radius 1 is 1.60 bits per heavy atom. The molecule has 0 heterocycles. The molecule has 0 rings (SSSR count). The lowest BCUT2D eigenvalue weighted by molar-refractivity contribution is -0.138. The maximum Gasteiger partial charge on any atom is 0.336 e. The predicted molar refractivity (Wildman–Crippen MR) is 65.7 cm³/mol. The molecule has 0 N–H and O–H groups in total. The van der Waals surface area contributed by atoms with Crippen LogP contribution in [0.2, 0.25) is 0 Å². The first-order valence-electron chi connectivity index (χ1n) is 4.19. The van der Waals surface area contributed by atoms with Crippen molar-refractivity contribution in [1.82, 2.24) is 0 Å². The number of aliphatic imine (C=N–C) groups is 2. The van der Waals surface area contributed by atoms with Crippen LogP contribution in [0.5, 0.6) is 0 Å². The number of ether oxygens (including phenoxy) is 1. The Morgan fingerprint density at radius 2 is 2.20 bits per heavy atom. The summed E-state index contributed by atoms with van der Waals surface area (Å²) in [5, 5.41) is 0.480. The molecular formula is C9H13ClN2O2S. The monoisotopic (exact) mass is 248 g/mol. The number of esters is 1. The van der Waals surface area contributed by atoms with Crippen molar-refractivity contribution in [3.8, 4) is 0 Å². The fourth-order valence-electron chi connectivity index (χ4n) is 0.637. The summed E-state index contributed by atoms with van der Waals surface area (Å²) in [6.45, 7) is 6.90. The molecule has 0 aliphatic heterocycles. The van der Waals surface area contributed by atoms with Crippen molar-refractivity contribution < 1.29 is 9.53 Å². The lowest BCUT2D eigenvalue weighted by Crippen LogP contribution is -2.06. The van der Waals surface area contributed by atoms with Crippen LogP contribution in [0.3, 0.4) is 0 Å². The van der Waals surface area contributed by atoms with Crippen LogP contribution < -0.4 is 0 Å². The van der Waals surface area contributed by atoms with Gasteiger partial charge in [0.2, 0.25) is 0 Å². The third kappa shape index (κ3) is 4.99. The fraction of sp³-hybridized carbons (Fsp3) is 0.444. The lowest BCUT2D eigenvalue weighted by Gasteiger charge is -2.02. The van der Waals surface area contributed by atoms with Crippen molar-refractivity contribution in [3.63, 3.8) is 0 Å². The summed E-state index contributed by atoms with van der Waals surface area (Å²) in [6, 6.07) is 0. The number of thioether (sulfide) groups is 1. The fourth-order valence-corrected chi connectivity index (χ4v) is 1.16. The molecular weight excluding hydrogens is 236 g/mol. The maximum absolute atomic E-state index is 11.3. The Hall–Kier alpha value is -0.810. The van der Waals surface area contributed by atoms with Crippen LogP contribution in [0.15, 0.2) is 20.7 Å².